The second-order valence-corrected chi connectivity index (χ2v) is 3.69. The Bertz CT molecular complexity index is 192. The van der Waals surface area contributed by atoms with Gasteiger partial charge in [0.15, 0.2) is 0 Å². The van der Waals surface area contributed by atoms with Crippen LogP contribution in [0.5, 0.6) is 0 Å². The predicted octanol–water partition coefficient (Wildman–Crippen LogP) is 3.05. The van der Waals surface area contributed by atoms with Crippen LogP contribution in [0.3, 0.4) is 0 Å². The highest BCUT2D eigenvalue weighted by Crippen LogP contribution is 2.07. The zero-order chi connectivity index (χ0) is 9.40. The van der Waals surface area contributed by atoms with E-state index in [0.717, 1.165) is 18.7 Å². The fraction of sp³-hybridized carbons (Fsp3) is 0.400. The van der Waals surface area contributed by atoms with E-state index in [1.165, 1.54) is 3.58 Å². The molecule has 0 fully saturated rings. The number of halogens is 1. The molecule has 0 saturated heterocycles. The Labute approximate surface area is 88.8 Å². The lowest BCUT2D eigenvalue weighted by Gasteiger charge is -1.99. The first-order valence-corrected chi connectivity index (χ1v) is 5.17. The van der Waals surface area contributed by atoms with Crippen LogP contribution < -0.4 is 5.32 Å². The van der Waals surface area contributed by atoms with Gasteiger partial charge in [0.1, 0.15) is 0 Å². The van der Waals surface area contributed by atoms with Crippen molar-refractivity contribution >= 4 is 22.6 Å². The predicted molar refractivity (Wildman–Crippen MR) is 64.6 cm³/mol. The molecule has 2 heteroatoms. The van der Waals surface area contributed by atoms with Crippen LogP contribution in [0.1, 0.15) is 13.8 Å². The minimum Gasteiger partial charge on any atom is -0.313 e. The highest BCUT2D eigenvalue weighted by molar-refractivity contribution is 14.1. The lowest BCUT2D eigenvalue weighted by Crippen LogP contribution is -2.14. The van der Waals surface area contributed by atoms with Gasteiger partial charge in [-0.1, -0.05) is 25.7 Å². The van der Waals surface area contributed by atoms with Crippen molar-refractivity contribution in [2.24, 2.45) is 0 Å². The Morgan fingerprint density at radius 1 is 1.50 bits per heavy atom. The zero-order valence-electron chi connectivity index (χ0n) is 7.73. The van der Waals surface area contributed by atoms with Crippen LogP contribution in [0.15, 0.2) is 34.0 Å². The molecule has 0 aliphatic rings. The Morgan fingerprint density at radius 3 is 2.67 bits per heavy atom. The van der Waals surface area contributed by atoms with E-state index in [1.807, 2.05) is 13.0 Å². The maximum atomic E-state index is 3.92. The van der Waals surface area contributed by atoms with Crippen LogP contribution in [0.25, 0.3) is 0 Å². The fourth-order valence-corrected chi connectivity index (χ4v) is 0.818. The standard InChI is InChI=1S/C10H16IN/c1-4-10(11)7-6-9(3)8-12-5-2/h4,6-7,12H,3,5,8H2,1-2H3/b7-6-,10-4+. The van der Waals surface area contributed by atoms with Crippen molar-refractivity contribution in [3.63, 3.8) is 0 Å². The summed E-state index contributed by atoms with van der Waals surface area (Å²) in [6, 6.07) is 0. The number of allylic oxidation sites excluding steroid dienone is 3. The molecular weight excluding hydrogens is 261 g/mol. The van der Waals surface area contributed by atoms with Crippen molar-refractivity contribution in [3.05, 3.63) is 34.0 Å². The maximum Gasteiger partial charge on any atom is 0.0199 e. The van der Waals surface area contributed by atoms with Crippen molar-refractivity contribution in [2.75, 3.05) is 13.1 Å². The summed E-state index contributed by atoms with van der Waals surface area (Å²) in [7, 11) is 0. The minimum atomic E-state index is 0.876. The highest BCUT2D eigenvalue weighted by atomic mass is 127. The Hall–Kier alpha value is -0.0900. The van der Waals surface area contributed by atoms with E-state index in [1.54, 1.807) is 0 Å². The van der Waals surface area contributed by atoms with E-state index < -0.39 is 0 Å². The third kappa shape index (κ3) is 6.61. The van der Waals surface area contributed by atoms with Gasteiger partial charge in [-0.15, -0.1) is 0 Å². The van der Waals surface area contributed by atoms with Crippen LogP contribution in [0, 0.1) is 0 Å². The molecule has 0 heterocycles. The van der Waals surface area contributed by atoms with Gasteiger partial charge in [-0.3, -0.25) is 0 Å². The molecule has 0 aliphatic heterocycles. The number of nitrogens with one attached hydrogen (secondary N) is 1. The second-order valence-electron chi connectivity index (χ2n) is 2.45. The van der Waals surface area contributed by atoms with E-state index in [9.17, 15) is 0 Å². The highest BCUT2D eigenvalue weighted by Gasteiger charge is 1.86. The van der Waals surface area contributed by atoms with E-state index in [2.05, 4.69) is 53.6 Å². The summed E-state index contributed by atoms with van der Waals surface area (Å²) in [6.07, 6.45) is 6.18. The average molecular weight is 277 g/mol. The summed E-state index contributed by atoms with van der Waals surface area (Å²) < 4.78 is 1.24. The molecule has 0 spiro atoms. The first-order chi connectivity index (χ1) is 5.70. The monoisotopic (exact) mass is 277 g/mol. The molecule has 0 unspecified atom stereocenters. The first kappa shape index (κ1) is 11.9. The van der Waals surface area contributed by atoms with Crippen molar-refractivity contribution in [1.82, 2.24) is 5.32 Å². The van der Waals surface area contributed by atoms with E-state index in [4.69, 9.17) is 0 Å². The van der Waals surface area contributed by atoms with Crippen LogP contribution >= 0.6 is 22.6 Å². The molecule has 0 rings (SSSR count). The van der Waals surface area contributed by atoms with Crippen LogP contribution in [0.4, 0.5) is 0 Å². The van der Waals surface area contributed by atoms with Gasteiger partial charge in [0.05, 0.1) is 0 Å². The van der Waals surface area contributed by atoms with Gasteiger partial charge in [-0.2, -0.15) is 0 Å². The summed E-state index contributed by atoms with van der Waals surface area (Å²) in [4.78, 5) is 0. The number of hydrogen-bond donors (Lipinski definition) is 1. The maximum absolute atomic E-state index is 3.92. The molecule has 0 saturated carbocycles. The van der Waals surface area contributed by atoms with E-state index in [-0.39, 0.29) is 0 Å². The van der Waals surface area contributed by atoms with Crippen molar-refractivity contribution < 1.29 is 0 Å². The Balaban J connectivity index is 3.76. The smallest absolute Gasteiger partial charge is 0.0199 e. The summed E-state index contributed by atoms with van der Waals surface area (Å²) in [6.45, 7) is 9.90. The number of hydrogen-bond acceptors (Lipinski definition) is 1. The minimum absolute atomic E-state index is 0.876. The lowest BCUT2D eigenvalue weighted by molar-refractivity contribution is 0.786. The van der Waals surface area contributed by atoms with Gasteiger partial charge in [0.25, 0.3) is 0 Å². The molecule has 1 N–H and O–H groups in total. The van der Waals surface area contributed by atoms with Crippen molar-refractivity contribution in [1.29, 1.82) is 0 Å². The molecule has 0 aromatic carbocycles. The lowest BCUT2D eigenvalue weighted by atomic mass is 10.2. The topological polar surface area (TPSA) is 12.0 Å². The summed E-state index contributed by atoms with van der Waals surface area (Å²) in [5.74, 6) is 0. The van der Waals surface area contributed by atoms with Crippen LogP contribution in [0.2, 0.25) is 0 Å². The first-order valence-electron chi connectivity index (χ1n) is 4.09. The van der Waals surface area contributed by atoms with Gasteiger partial charge in [0, 0.05) is 10.1 Å². The van der Waals surface area contributed by atoms with Gasteiger partial charge in [-0.25, -0.2) is 0 Å². The van der Waals surface area contributed by atoms with Gasteiger partial charge in [-0.05, 0) is 47.7 Å². The molecule has 12 heavy (non-hydrogen) atoms. The third-order valence-electron chi connectivity index (χ3n) is 1.36. The quantitative estimate of drug-likeness (QED) is 0.601. The molecule has 0 bridgehead atoms. The van der Waals surface area contributed by atoms with Crippen LogP contribution in [-0.4, -0.2) is 13.1 Å². The molecule has 0 atom stereocenters. The number of rotatable bonds is 5. The summed E-state index contributed by atoms with van der Waals surface area (Å²) >= 11 is 2.29. The Morgan fingerprint density at radius 2 is 2.17 bits per heavy atom. The largest absolute Gasteiger partial charge is 0.313 e. The summed E-state index contributed by atoms with van der Waals surface area (Å²) in [5.41, 5.74) is 1.12. The molecule has 0 aromatic heterocycles. The second kappa shape index (κ2) is 7.55. The molecule has 0 amide bonds. The van der Waals surface area contributed by atoms with E-state index in [0.29, 0.717) is 0 Å². The van der Waals surface area contributed by atoms with Gasteiger partial charge in [0.2, 0.25) is 0 Å². The summed E-state index contributed by atoms with van der Waals surface area (Å²) in [5, 5.41) is 3.22. The van der Waals surface area contributed by atoms with Gasteiger partial charge >= 0.3 is 0 Å². The molecule has 1 nitrogen and oxygen atoms in total. The molecular formula is C10H16IN. The molecule has 0 aromatic rings. The van der Waals surface area contributed by atoms with Crippen LogP contribution in [-0.2, 0) is 0 Å². The fourth-order valence-electron chi connectivity index (χ4n) is 0.638. The zero-order valence-corrected chi connectivity index (χ0v) is 9.89. The normalized spacial score (nSPS) is 12.4. The SMILES string of the molecule is C=C(/C=C\C(I)=C/C)CNCC. The van der Waals surface area contributed by atoms with E-state index >= 15 is 0 Å². The molecule has 68 valence electrons. The van der Waals surface area contributed by atoms with Crippen molar-refractivity contribution in [2.45, 2.75) is 13.8 Å². The molecule has 0 aliphatic carbocycles. The van der Waals surface area contributed by atoms with Crippen molar-refractivity contribution in [3.8, 4) is 0 Å². The average Bonchev–Trinajstić information content (AvgIpc) is 2.10. The Kier molecular flexibility index (Phi) is 7.50. The molecule has 0 radical (unpaired) electrons. The number of likely N-dealkylation sites (N-methyl/N-ethyl adjacent to an activating group) is 1. The third-order valence-corrected chi connectivity index (χ3v) is 2.34. The van der Waals surface area contributed by atoms with Gasteiger partial charge < -0.3 is 5.32 Å².